The molecule has 2 N–H and O–H groups in total. The Bertz CT molecular complexity index is 613. The second kappa shape index (κ2) is 5.31. The lowest BCUT2D eigenvalue weighted by Crippen LogP contribution is -2.00. The fourth-order valence-corrected chi connectivity index (χ4v) is 2.79. The van der Waals surface area contributed by atoms with Gasteiger partial charge in [-0.05, 0) is 43.0 Å². The van der Waals surface area contributed by atoms with E-state index in [1.807, 2.05) is 24.3 Å². The van der Waals surface area contributed by atoms with Crippen molar-refractivity contribution in [1.82, 2.24) is 4.98 Å². The first kappa shape index (κ1) is 12.6. The number of aromatic nitrogens is 1. The molecule has 4 heteroatoms. The fourth-order valence-electron chi connectivity index (χ4n) is 2.38. The molecule has 0 aliphatic heterocycles. The van der Waals surface area contributed by atoms with Crippen molar-refractivity contribution in [3.8, 4) is 11.6 Å². The Morgan fingerprint density at radius 2 is 2.11 bits per heavy atom. The van der Waals surface area contributed by atoms with Gasteiger partial charge in [-0.2, -0.15) is 0 Å². The minimum absolute atomic E-state index is 0.444. The summed E-state index contributed by atoms with van der Waals surface area (Å²) in [6.07, 6.45) is 3.38. The zero-order valence-corrected chi connectivity index (χ0v) is 12.1. The first-order chi connectivity index (χ1) is 9.26. The molecule has 19 heavy (non-hydrogen) atoms. The lowest BCUT2D eigenvalue weighted by Gasteiger charge is -2.10. The lowest BCUT2D eigenvalue weighted by atomic mass is 10.2. The number of ether oxygens (including phenoxy) is 1. The summed E-state index contributed by atoms with van der Waals surface area (Å²) in [6, 6.07) is 9.89. The van der Waals surface area contributed by atoms with Gasteiger partial charge in [0, 0.05) is 28.3 Å². The van der Waals surface area contributed by atoms with Crippen molar-refractivity contribution in [3.05, 3.63) is 51.6 Å². The van der Waals surface area contributed by atoms with E-state index in [1.165, 1.54) is 17.7 Å². The van der Waals surface area contributed by atoms with E-state index in [0.29, 0.717) is 12.4 Å². The quantitative estimate of drug-likeness (QED) is 0.940. The van der Waals surface area contributed by atoms with Crippen molar-refractivity contribution in [2.75, 3.05) is 0 Å². The summed E-state index contributed by atoms with van der Waals surface area (Å²) < 4.78 is 6.87. The van der Waals surface area contributed by atoms with Crippen molar-refractivity contribution in [1.29, 1.82) is 0 Å². The van der Waals surface area contributed by atoms with Crippen LogP contribution >= 0.6 is 15.9 Å². The number of nitrogens with zero attached hydrogens (tertiary/aromatic N) is 1. The van der Waals surface area contributed by atoms with Gasteiger partial charge < -0.3 is 10.5 Å². The predicted octanol–water partition coefficient (Wildman–Crippen LogP) is 3.58. The number of aryl methyl sites for hydroxylation is 2. The van der Waals surface area contributed by atoms with Crippen LogP contribution in [0, 0.1) is 0 Å². The van der Waals surface area contributed by atoms with Gasteiger partial charge >= 0.3 is 0 Å². The van der Waals surface area contributed by atoms with Gasteiger partial charge in [0.1, 0.15) is 5.75 Å². The van der Waals surface area contributed by atoms with Crippen molar-refractivity contribution in [2.45, 2.75) is 25.8 Å². The molecule has 98 valence electrons. The van der Waals surface area contributed by atoms with Crippen molar-refractivity contribution in [3.63, 3.8) is 0 Å². The third kappa shape index (κ3) is 2.65. The number of rotatable bonds is 3. The summed E-state index contributed by atoms with van der Waals surface area (Å²) in [6.45, 7) is 0.444. The summed E-state index contributed by atoms with van der Waals surface area (Å²) in [5.41, 5.74) is 9.23. The molecule has 1 aromatic carbocycles. The van der Waals surface area contributed by atoms with Crippen molar-refractivity contribution < 1.29 is 4.74 Å². The number of nitrogens with two attached hydrogens (primary N) is 1. The summed E-state index contributed by atoms with van der Waals surface area (Å²) >= 11 is 3.44. The van der Waals surface area contributed by atoms with Crippen LogP contribution in [0.25, 0.3) is 0 Å². The third-order valence-corrected chi connectivity index (χ3v) is 3.85. The molecule has 1 aliphatic rings. The highest BCUT2D eigenvalue weighted by Gasteiger charge is 2.13. The molecule has 0 bridgehead atoms. The normalized spacial score (nSPS) is 13.4. The van der Waals surface area contributed by atoms with Crippen LogP contribution in [0.3, 0.4) is 0 Å². The largest absolute Gasteiger partial charge is 0.439 e. The van der Waals surface area contributed by atoms with Crippen LogP contribution in [0.1, 0.15) is 23.2 Å². The fraction of sp³-hybridized carbons (Fsp3) is 0.267. The second-order valence-electron chi connectivity index (χ2n) is 4.67. The van der Waals surface area contributed by atoms with Crippen LogP contribution in [0.5, 0.6) is 11.6 Å². The molecule has 0 atom stereocenters. The molecular formula is C15H15BrN2O. The standard InChI is InChI=1S/C15H15BrN2O/c16-12-5-6-14(11(8-12)9-17)19-15-7-4-10-2-1-3-13(10)18-15/h4-8H,1-3,9,17H2. The second-order valence-corrected chi connectivity index (χ2v) is 5.58. The van der Waals surface area contributed by atoms with Gasteiger partial charge in [-0.1, -0.05) is 22.0 Å². The maximum Gasteiger partial charge on any atom is 0.219 e. The molecule has 2 aromatic rings. The molecule has 0 fully saturated rings. The average molecular weight is 319 g/mol. The molecule has 1 heterocycles. The maximum absolute atomic E-state index is 5.87. The molecule has 3 rings (SSSR count). The number of halogens is 1. The SMILES string of the molecule is NCc1cc(Br)ccc1Oc1ccc2c(n1)CCC2. The molecular weight excluding hydrogens is 304 g/mol. The van der Waals surface area contributed by atoms with E-state index < -0.39 is 0 Å². The number of benzene rings is 1. The maximum atomic E-state index is 5.87. The molecule has 0 saturated carbocycles. The highest BCUT2D eigenvalue weighted by Crippen LogP contribution is 2.29. The Morgan fingerprint density at radius 3 is 2.95 bits per heavy atom. The first-order valence-corrected chi connectivity index (χ1v) is 7.21. The smallest absolute Gasteiger partial charge is 0.219 e. The van der Waals surface area contributed by atoms with Gasteiger partial charge in [0.25, 0.3) is 0 Å². The van der Waals surface area contributed by atoms with E-state index in [4.69, 9.17) is 10.5 Å². The summed E-state index contributed by atoms with van der Waals surface area (Å²) in [4.78, 5) is 4.57. The molecule has 0 saturated heterocycles. The van der Waals surface area contributed by atoms with Gasteiger partial charge in [-0.3, -0.25) is 0 Å². The molecule has 0 unspecified atom stereocenters. The topological polar surface area (TPSA) is 48.1 Å². The summed E-state index contributed by atoms with van der Waals surface area (Å²) in [5.74, 6) is 1.42. The number of hydrogen-bond acceptors (Lipinski definition) is 3. The third-order valence-electron chi connectivity index (χ3n) is 3.36. The van der Waals surface area contributed by atoms with E-state index in [-0.39, 0.29) is 0 Å². The van der Waals surface area contributed by atoms with E-state index >= 15 is 0 Å². The zero-order valence-electron chi connectivity index (χ0n) is 10.5. The Balaban J connectivity index is 1.89. The lowest BCUT2D eigenvalue weighted by molar-refractivity contribution is 0.455. The minimum atomic E-state index is 0.444. The number of pyridine rings is 1. The van der Waals surface area contributed by atoms with Crippen molar-refractivity contribution >= 4 is 15.9 Å². The first-order valence-electron chi connectivity index (χ1n) is 6.41. The number of fused-ring (bicyclic) bond motifs is 1. The van der Waals surface area contributed by atoms with Gasteiger partial charge in [0.2, 0.25) is 5.88 Å². The van der Waals surface area contributed by atoms with Crippen LogP contribution in [-0.2, 0) is 19.4 Å². The Labute approximate surface area is 120 Å². The summed E-state index contributed by atoms with van der Waals surface area (Å²) in [5, 5.41) is 0. The van der Waals surface area contributed by atoms with Crippen molar-refractivity contribution in [2.24, 2.45) is 5.73 Å². The van der Waals surface area contributed by atoms with E-state index in [2.05, 4.69) is 27.0 Å². The molecule has 0 amide bonds. The predicted molar refractivity (Wildman–Crippen MR) is 78.4 cm³/mol. The van der Waals surface area contributed by atoms with Crippen LogP contribution < -0.4 is 10.5 Å². The van der Waals surface area contributed by atoms with Crippen LogP contribution in [0.15, 0.2) is 34.8 Å². The minimum Gasteiger partial charge on any atom is -0.439 e. The van der Waals surface area contributed by atoms with E-state index in [9.17, 15) is 0 Å². The van der Waals surface area contributed by atoms with E-state index in [0.717, 1.165) is 28.6 Å². The van der Waals surface area contributed by atoms with Crippen LogP contribution in [0.4, 0.5) is 0 Å². The monoisotopic (exact) mass is 318 g/mol. The van der Waals surface area contributed by atoms with E-state index in [1.54, 1.807) is 0 Å². The molecule has 0 spiro atoms. The van der Waals surface area contributed by atoms with Crippen LogP contribution in [-0.4, -0.2) is 4.98 Å². The van der Waals surface area contributed by atoms with Gasteiger partial charge in [0.15, 0.2) is 0 Å². The molecule has 3 nitrogen and oxygen atoms in total. The Hall–Kier alpha value is -1.39. The van der Waals surface area contributed by atoms with Crippen LogP contribution in [0.2, 0.25) is 0 Å². The molecule has 1 aliphatic carbocycles. The number of hydrogen-bond donors (Lipinski definition) is 1. The zero-order chi connectivity index (χ0) is 13.2. The Kier molecular flexibility index (Phi) is 3.53. The average Bonchev–Trinajstić information content (AvgIpc) is 2.88. The highest BCUT2D eigenvalue weighted by molar-refractivity contribution is 9.10. The Morgan fingerprint density at radius 1 is 1.21 bits per heavy atom. The van der Waals surface area contributed by atoms with Gasteiger partial charge in [-0.25, -0.2) is 4.98 Å². The highest BCUT2D eigenvalue weighted by atomic mass is 79.9. The van der Waals surface area contributed by atoms with Gasteiger partial charge in [-0.15, -0.1) is 0 Å². The molecule has 0 radical (unpaired) electrons. The summed E-state index contributed by atoms with van der Waals surface area (Å²) in [7, 11) is 0. The molecule has 1 aromatic heterocycles. The van der Waals surface area contributed by atoms with Gasteiger partial charge in [0.05, 0.1) is 0 Å².